The van der Waals surface area contributed by atoms with Gasteiger partial charge in [0.05, 0.1) is 19.8 Å². The molecule has 4 N–H and O–H groups in total. The van der Waals surface area contributed by atoms with Crippen LogP contribution in [0.1, 0.15) is 123 Å². The maximum absolute atomic E-state index is 12.7. The van der Waals surface area contributed by atoms with Crippen LogP contribution in [0.25, 0.3) is 0 Å². The first kappa shape index (κ1) is 50.6. The summed E-state index contributed by atoms with van der Waals surface area (Å²) in [6.07, 6.45) is 32.5. The van der Waals surface area contributed by atoms with Crippen LogP contribution < -0.4 is 0 Å². The van der Waals surface area contributed by atoms with Gasteiger partial charge in [-0.1, -0.05) is 125 Å². The van der Waals surface area contributed by atoms with E-state index in [9.17, 15) is 28.5 Å². The molecule has 316 valence electrons. The number of aliphatic hydroxyl groups is 3. The molecule has 0 bridgehead atoms. The molecule has 1 fully saturated rings. The number of unbranched alkanes of at least 4 members (excludes halogenated alkanes) is 8. The van der Waals surface area contributed by atoms with E-state index >= 15 is 0 Å². The van der Waals surface area contributed by atoms with Crippen LogP contribution in [0.2, 0.25) is 0 Å². The average Bonchev–Trinajstić information content (AvgIpc) is 3.15. The Kier molecular flexibility index (Phi) is 30.9. The van der Waals surface area contributed by atoms with Crippen molar-refractivity contribution in [3.05, 3.63) is 72.9 Å². The van der Waals surface area contributed by atoms with Crippen LogP contribution in [0.4, 0.5) is 0 Å². The normalized spacial score (nSPS) is 21.7. The van der Waals surface area contributed by atoms with Crippen LogP contribution in [0.3, 0.4) is 0 Å². The number of aliphatic hydroxyl groups excluding tert-OH is 3. The zero-order valence-corrected chi connectivity index (χ0v) is 34.0. The van der Waals surface area contributed by atoms with Gasteiger partial charge in [0.15, 0.2) is 6.29 Å². The van der Waals surface area contributed by atoms with Gasteiger partial charge in [-0.15, -0.1) is 0 Å². The standard InChI is InChI=1S/C42H70O12S/c1-3-5-7-9-11-12-13-14-15-16-17-18-19-20-21-22-23-24-25-27-29-31-38(44)52-36(34-50-32-30-28-26-10-8-6-4-2)35-51-42-40(46)41(54-55(47,48)49)39(45)37(33-43)53-42/h5,7,11-12,14-15,17-18,20-21,23-24,36-37,39-43,45-46H,3-4,6,8-10,13,16,19,22,25-35H2,1-2H3,(H,47,48,49)/b7-5-,12-11-,15-14-,18-17-,21-20-,24-23-. The molecular formula is C42H70O12S. The van der Waals surface area contributed by atoms with E-state index < -0.39 is 59.8 Å². The highest BCUT2D eigenvalue weighted by molar-refractivity contribution is 7.80. The van der Waals surface area contributed by atoms with Gasteiger partial charge < -0.3 is 34.3 Å². The smallest absolute Gasteiger partial charge is 0.397 e. The van der Waals surface area contributed by atoms with Crippen molar-refractivity contribution in [1.29, 1.82) is 0 Å². The van der Waals surface area contributed by atoms with E-state index in [1.54, 1.807) is 0 Å². The van der Waals surface area contributed by atoms with E-state index in [0.29, 0.717) is 13.0 Å². The second-order valence-corrected chi connectivity index (χ2v) is 14.5. The molecule has 55 heavy (non-hydrogen) atoms. The molecule has 1 saturated heterocycles. The van der Waals surface area contributed by atoms with Gasteiger partial charge in [0.2, 0.25) is 0 Å². The fraction of sp³-hybridized carbons (Fsp3) is 0.690. The lowest BCUT2D eigenvalue weighted by atomic mass is 9.99. The van der Waals surface area contributed by atoms with Crippen molar-refractivity contribution in [3.63, 3.8) is 0 Å². The Labute approximate surface area is 331 Å². The predicted molar refractivity (Wildman–Crippen MR) is 216 cm³/mol. The zero-order chi connectivity index (χ0) is 40.4. The van der Waals surface area contributed by atoms with Crippen LogP contribution in [-0.4, -0.2) is 97.5 Å². The number of hydrogen-bond donors (Lipinski definition) is 4. The second-order valence-electron chi connectivity index (χ2n) is 13.5. The van der Waals surface area contributed by atoms with E-state index in [-0.39, 0.29) is 19.6 Å². The highest BCUT2D eigenvalue weighted by atomic mass is 32.3. The third-order valence-electron chi connectivity index (χ3n) is 8.59. The topological polar surface area (TPSA) is 178 Å². The first-order valence-electron chi connectivity index (χ1n) is 20.2. The number of rotatable bonds is 33. The molecule has 0 amide bonds. The predicted octanol–water partition coefficient (Wildman–Crippen LogP) is 7.57. The number of esters is 1. The molecule has 1 aliphatic rings. The van der Waals surface area contributed by atoms with E-state index in [1.807, 2.05) is 0 Å². The van der Waals surface area contributed by atoms with Crippen molar-refractivity contribution in [2.24, 2.45) is 0 Å². The molecule has 0 aromatic rings. The van der Waals surface area contributed by atoms with E-state index in [0.717, 1.165) is 70.6 Å². The Bertz CT molecular complexity index is 1240. The van der Waals surface area contributed by atoms with Crippen LogP contribution in [-0.2, 0) is 38.3 Å². The van der Waals surface area contributed by atoms with Crippen LogP contribution in [0.5, 0.6) is 0 Å². The van der Waals surface area contributed by atoms with Crippen LogP contribution >= 0.6 is 0 Å². The largest absolute Gasteiger partial charge is 0.457 e. The summed E-state index contributed by atoms with van der Waals surface area (Å²) >= 11 is 0. The van der Waals surface area contributed by atoms with Crippen molar-refractivity contribution < 1.29 is 56.2 Å². The first-order chi connectivity index (χ1) is 26.6. The number of allylic oxidation sites excluding steroid dienone is 12. The van der Waals surface area contributed by atoms with Crippen molar-refractivity contribution in [3.8, 4) is 0 Å². The van der Waals surface area contributed by atoms with Crippen LogP contribution in [0.15, 0.2) is 72.9 Å². The monoisotopic (exact) mass is 798 g/mol. The number of carbonyl (C=O) groups excluding carboxylic acids is 1. The summed E-state index contributed by atoms with van der Waals surface area (Å²) in [5.74, 6) is -0.447. The van der Waals surface area contributed by atoms with Gasteiger partial charge in [-0.05, 0) is 64.2 Å². The summed E-state index contributed by atoms with van der Waals surface area (Å²) in [6, 6.07) is 0. The number of carbonyl (C=O) groups is 1. The Hall–Kier alpha value is -2.46. The van der Waals surface area contributed by atoms with Crippen LogP contribution in [0, 0.1) is 0 Å². The highest BCUT2D eigenvalue weighted by Crippen LogP contribution is 2.26. The van der Waals surface area contributed by atoms with Gasteiger partial charge in [-0.2, -0.15) is 8.42 Å². The summed E-state index contributed by atoms with van der Waals surface area (Å²) in [7, 11) is -5.06. The van der Waals surface area contributed by atoms with Crippen molar-refractivity contribution in [2.75, 3.05) is 26.4 Å². The second kappa shape index (κ2) is 33.7. The molecule has 6 atom stereocenters. The highest BCUT2D eigenvalue weighted by Gasteiger charge is 2.48. The summed E-state index contributed by atoms with van der Waals surface area (Å²) in [4.78, 5) is 12.7. The first-order valence-corrected chi connectivity index (χ1v) is 21.6. The molecule has 1 rings (SSSR count). The fourth-order valence-corrected chi connectivity index (χ4v) is 6.06. The third-order valence-corrected chi connectivity index (χ3v) is 9.06. The van der Waals surface area contributed by atoms with Crippen molar-refractivity contribution in [1.82, 2.24) is 0 Å². The summed E-state index contributed by atoms with van der Waals surface area (Å²) in [5, 5.41) is 30.5. The molecule has 0 radical (unpaired) electrons. The minimum atomic E-state index is -5.06. The molecular weight excluding hydrogens is 729 g/mol. The molecule has 0 spiro atoms. The molecule has 0 aromatic heterocycles. The van der Waals surface area contributed by atoms with Gasteiger partial charge in [-0.25, -0.2) is 4.18 Å². The lowest BCUT2D eigenvalue weighted by molar-refractivity contribution is -0.301. The maximum Gasteiger partial charge on any atom is 0.397 e. The average molecular weight is 799 g/mol. The van der Waals surface area contributed by atoms with Gasteiger partial charge >= 0.3 is 16.4 Å². The Morgan fingerprint density at radius 2 is 1.25 bits per heavy atom. The molecule has 6 unspecified atom stereocenters. The van der Waals surface area contributed by atoms with Gasteiger partial charge in [-0.3, -0.25) is 9.35 Å². The summed E-state index contributed by atoms with van der Waals surface area (Å²) in [5.41, 5.74) is 0. The van der Waals surface area contributed by atoms with E-state index in [2.05, 4.69) is 90.9 Å². The molecule has 0 saturated carbocycles. The van der Waals surface area contributed by atoms with Gasteiger partial charge in [0.25, 0.3) is 0 Å². The van der Waals surface area contributed by atoms with E-state index in [4.69, 9.17) is 23.5 Å². The summed E-state index contributed by atoms with van der Waals surface area (Å²) in [6.45, 7) is 3.74. The molecule has 12 nitrogen and oxygen atoms in total. The molecule has 13 heteroatoms. The number of ether oxygens (including phenoxy) is 4. The van der Waals surface area contributed by atoms with Gasteiger partial charge in [0, 0.05) is 13.0 Å². The van der Waals surface area contributed by atoms with Crippen molar-refractivity contribution >= 4 is 16.4 Å². The molecule has 0 aliphatic carbocycles. The molecule has 0 aromatic carbocycles. The quantitative estimate of drug-likeness (QED) is 0.0222. The Morgan fingerprint density at radius 3 is 1.80 bits per heavy atom. The Morgan fingerprint density at radius 1 is 0.709 bits per heavy atom. The van der Waals surface area contributed by atoms with Gasteiger partial charge in [0.1, 0.15) is 30.5 Å². The fourth-order valence-electron chi connectivity index (χ4n) is 5.56. The SMILES string of the molecule is CC/C=C\C/C=C\C/C=C\C/C=C\C/C=C\C/C=C\CCCCC(=O)OC(COCCCCCCCCC)COC1OC(CO)C(O)C(OS(=O)(=O)O)C1O. The maximum atomic E-state index is 12.7. The minimum Gasteiger partial charge on any atom is -0.457 e. The Balaban J connectivity index is 2.46. The third kappa shape index (κ3) is 27.7. The minimum absolute atomic E-state index is 0.0138. The van der Waals surface area contributed by atoms with E-state index in [1.165, 1.54) is 25.7 Å². The lowest BCUT2D eigenvalue weighted by Crippen LogP contribution is -2.60. The lowest BCUT2D eigenvalue weighted by Gasteiger charge is -2.41. The molecule has 1 aliphatic heterocycles. The summed E-state index contributed by atoms with van der Waals surface area (Å²) < 4.78 is 58.6. The number of hydrogen-bond acceptors (Lipinski definition) is 11. The van der Waals surface area contributed by atoms with Crippen molar-refractivity contribution in [2.45, 2.75) is 160 Å². The molecule has 1 heterocycles. The zero-order valence-electron chi connectivity index (χ0n) is 33.2.